The van der Waals surface area contributed by atoms with Crippen LogP contribution in [0.15, 0.2) is 12.2 Å². The molecule has 1 unspecified atom stereocenters. The zero-order chi connectivity index (χ0) is 9.02. The highest BCUT2D eigenvalue weighted by atomic mass is 16.3. The molecule has 2 N–H and O–H groups in total. The van der Waals surface area contributed by atoms with Crippen molar-refractivity contribution in [1.29, 1.82) is 0 Å². The third-order valence-electron chi connectivity index (χ3n) is 1.23. The molecule has 0 aliphatic carbocycles. The van der Waals surface area contributed by atoms with Crippen LogP contribution in [-0.4, -0.2) is 34.0 Å². The summed E-state index contributed by atoms with van der Waals surface area (Å²) in [6, 6.07) is 0. The molecule has 4 nitrogen and oxygen atoms in total. The molecule has 1 amide bonds. The van der Waals surface area contributed by atoms with E-state index in [1.54, 1.807) is 0 Å². The van der Waals surface area contributed by atoms with E-state index in [1.165, 1.54) is 13.8 Å². The van der Waals surface area contributed by atoms with Crippen molar-refractivity contribution in [2.75, 3.05) is 6.73 Å². The van der Waals surface area contributed by atoms with E-state index in [-0.39, 0.29) is 0 Å². The van der Waals surface area contributed by atoms with Crippen molar-refractivity contribution in [2.24, 2.45) is 0 Å². The van der Waals surface area contributed by atoms with Crippen molar-refractivity contribution in [3.05, 3.63) is 12.2 Å². The van der Waals surface area contributed by atoms with Crippen LogP contribution in [-0.2, 0) is 4.79 Å². The summed E-state index contributed by atoms with van der Waals surface area (Å²) in [7, 11) is 0. The van der Waals surface area contributed by atoms with Crippen molar-refractivity contribution < 1.29 is 15.0 Å². The largest absolute Gasteiger partial charge is 0.376 e. The molecule has 0 radical (unpaired) electrons. The molecule has 4 heteroatoms. The number of carbonyl (C=O) groups excluding carboxylic acids is 1. The number of rotatable bonds is 3. The lowest BCUT2D eigenvalue weighted by Crippen LogP contribution is -2.39. The van der Waals surface area contributed by atoms with Gasteiger partial charge in [0.15, 0.2) is 0 Å². The molecule has 0 aromatic heterocycles. The second-order valence-electron chi connectivity index (χ2n) is 2.33. The minimum absolute atomic E-state index is 0.292. The fourth-order valence-electron chi connectivity index (χ4n) is 0.597. The molecule has 0 fully saturated rings. The third-order valence-corrected chi connectivity index (χ3v) is 1.23. The van der Waals surface area contributed by atoms with E-state index >= 15 is 0 Å². The Bertz CT molecular complexity index is 165. The van der Waals surface area contributed by atoms with E-state index in [9.17, 15) is 4.79 Å². The topological polar surface area (TPSA) is 60.8 Å². The van der Waals surface area contributed by atoms with E-state index in [4.69, 9.17) is 10.2 Å². The quantitative estimate of drug-likeness (QED) is 0.438. The average molecular weight is 159 g/mol. The molecule has 0 aromatic carbocycles. The predicted octanol–water partition coefficient (Wildman–Crippen LogP) is -0.321. The van der Waals surface area contributed by atoms with E-state index in [0.29, 0.717) is 5.57 Å². The Morgan fingerprint density at radius 2 is 2.18 bits per heavy atom. The highest BCUT2D eigenvalue weighted by molar-refractivity contribution is 5.92. The summed E-state index contributed by atoms with van der Waals surface area (Å²) in [5, 5.41) is 17.6. The van der Waals surface area contributed by atoms with Crippen molar-refractivity contribution in [2.45, 2.75) is 20.1 Å². The fourth-order valence-corrected chi connectivity index (χ4v) is 0.597. The van der Waals surface area contributed by atoms with Gasteiger partial charge in [-0.1, -0.05) is 6.58 Å². The van der Waals surface area contributed by atoms with Crippen molar-refractivity contribution in [1.82, 2.24) is 4.90 Å². The Balaban J connectivity index is 4.26. The highest BCUT2D eigenvalue weighted by Crippen LogP contribution is 2.00. The van der Waals surface area contributed by atoms with Crippen LogP contribution in [0.25, 0.3) is 0 Å². The smallest absolute Gasteiger partial charge is 0.252 e. The minimum atomic E-state index is -0.982. The Kier molecular flexibility index (Phi) is 3.78. The van der Waals surface area contributed by atoms with Gasteiger partial charge in [-0.3, -0.25) is 9.69 Å². The number of hydrogen-bond acceptors (Lipinski definition) is 3. The molecule has 1 atom stereocenters. The van der Waals surface area contributed by atoms with Gasteiger partial charge in [0.2, 0.25) is 0 Å². The summed E-state index contributed by atoms with van der Waals surface area (Å²) in [5.74, 6) is -0.442. The summed E-state index contributed by atoms with van der Waals surface area (Å²) >= 11 is 0. The van der Waals surface area contributed by atoms with Gasteiger partial charge in [0.05, 0.1) is 0 Å². The molecule has 0 saturated heterocycles. The van der Waals surface area contributed by atoms with Crippen molar-refractivity contribution in [3.63, 3.8) is 0 Å². The van der Waals surface area contributed by atoms with Crippen LogP contribution in [0.2, 0.25) is 0 Å². The van der Waals surface area contributed by atoms with Gasteiger partial charge in [0.25, 0.3) is 5.91 Å². The van der Waals surface area contributed by atoms with Gasteiger partial charge >= 0.3 is 0 Å². The zero-order valence-electron chi connectivity index (χ0n) is 6.74. The van der Waals surface area contributed by atoms with Gasteiger partial charge in [-0.25, -0.2) is 0 Å². The lowest BCUT2D eigenvalue weighted by molar-refractivity contribution is -0.142. The highest BCUT2D eigenvalue weighted by Gasteiger charge is 2.16. The summed E-state index contributed by atoms with van der Waals surface area (Å²) in [5.41, 5.74) is 0.292. The molecule has 11 heavy (non-hydrogen) atoms. The number of carbonyl (C=O) groups is 1. The second kappa shape index (κ2) is 4.10. The molecule has 64 valence electrons. The third kappa shape index (κ3) is 2.69. The standard InChI is InChI=1S/C7H13NO3/c1-5(2)7(11)8(4-9)6(3)10/h6,9-10H,1,4H2,2-3H3. The van der Waals surface area contributed by atoms with Crippen LogP contribution in [0.1, 0.15) is 13.8 Å². The average Bonchev–Trinajstić information content (AvgIpc) is 1.88. The molecule has 0 saturated carbocycles. The Labute approximate surface area is 65.7 Å². The maximum absolute atomic E-state index is 11.0. The SMILES string of the molecule is C=C(C)C(=O)N(CO)C(C)O. The van der Waals surface area contributed by atoms with Crippen LogP contribution in [0.3, 0.4) is 0 Å². The van der Waals surface area contributed by atoms with Gasteiger partial charge in [0, 0.05) is 5.57 Å². The van der Waals surface area contributed by atoms with Gasteiger partial charge in [-0.15, -0.1) is 0 Å². The van der Waals surface area contributed by atoms with Crippen LogP contribution < -0.4 is 0 Å². The van der Waals surface area contributed by atoms with E-state index in [2.05, 4.69) is 6.58 Å². The van der Waals surface area contributed by atoms with E-state index in [1.807, 2.05) is 0 Å². The Morgan fingerprint density at radius 3 is 2.27 bits per heavy atom. The minimum Gasteiger partial charge on any atom is -0.376 e. The summed E-state index contributed by atoms with van der Waals surface area (Å²) in [4.78, 5) is 11.9. The number of aliphatic hydroxyl groups is 2. The number of nitrogens with zero attached hydrogens (tertiary/aromatic N) is 1. The normalized spacial score (nSPS) is 12.4. The number of hydrogen-bond donors (Lipinski definition) is 2. The molecular formula is C7H13NO3. The Hall–Kier alpha value is -0.870. The molecule has 0 bridgehead atoms. The maximum atomic E-state index is 11.0. The number of amides is 1. The van der Waals surface area contributed by atoms with E-state index < -0.39 is 18.9 Å². The van der Waals surface area contributed by atoms with Gasteiger partial charge < -0.3 is 10.2 Å². The van der Waals surface area contributed by atoms with E-state index in [0.717, 1.165) is 4.90 Å². The van der Waals surface area contributed by atoms with Gasteiger partial charge in [0.1, 0.15) is 13.0 Å². The first kappa shape index (κ1) is 10.1. The molecular weight excluding hydrogens is 146 g/mol. The molecule has 0 heterocycles. The molecule has 0 aliphatic heterocycles. The fraction of sp³-hybridized carbons (Fsp3) is 0.571. The van der Waals surface area contributed by atoms with Crippen LogP contribution in [0.4, 0.5) is 0 Å². The van der Waals surface area contributed by atoms with Crippen LogP contribution in [0.5, 0.6) is 0 Å². The first-order valence-electron chi connectivity index (χ1n) is 3.26. The maximum Gasteiger partial charge on any atom is 0.252 e. The predicted molar refractivity (Wildman–Crippen MR) is 40.4 cm³/mol. The lowest BCUT2D eigenvalue weighted by Gasteiger charge is -2.22. The summed E-state index contributed by atoms with van der Waals surface area (Å²) in [6.07, 6.45) is -0.982. The summed E-state index contributed by atoms with van der Waals surface area (Å²) < 4.78 is 0. The van der Waals surface area contributed by atoms with Crippen LogP contribution in [0, 0.1) is 0 Å². The second-order valence-corrected chi connectivity index (χ2v) is 2.33. The van der Waals surface area contributed by atoms with Crippen molar-refractivity contribution in [3.8, 4) is 0 Å². The zero-order valence-corrected chi connectivity index (χ0v) is 6.74. The monoisotopic (exact) mass is 159 g/mol. The van der Waals surface area contributed by atoms with Crippen LogP contribution >= 0.6 is 0 Å². The van der Waals surface area contributed by atoms with Crippen molar-refractivity contribution >= 4 is 5.91 Å². The molecule has 0 rings (SSSR count). The molecule has 0 aromatic rings. The molecule has 0 aliphatic rings. The first-order chi connectivity index (χ1) is 5.00. The number of aliphatic hydroxyl groups excluding tert-OH is 2. The molecule has 0 spiro atoms. The summed E-state index contributed by atoms with van der Waals surface area (Å²) in [6.45, 7) is 5.82. The van der Waals surface area contributed by atoms with Gasteiger partial charge in [-0.2, -0.15) is 0 Å². The first-order valence-corrected chi connectivity index (χ1v) is 3.26. The lowest BCUT2D eigenvalue weighted by atomic mass is 10.3. The van der Waals surface area contributed by atoms with Gasteiger partial charge in [-0.05, 0) is 13.8 Å². The Morgan fingerprint density at radius 1 is 1.73 bits per heavy atom.